The van der Waals surface area contributed by atoms with Crippen molar-refractivity contribution in [3.63, 3.8) is 0 Å². The van der Waals surface area contributed by atoms with Gasteiger partial charge in [0.05, 0.1) is 22.3 Å². The van der Waals surface area contributed by atoms with Gasteiger partial charge in [0.15, 0.2) is 0 Å². The van der Waals surface area contributed by atoms with E-state index in [1.165, 1.54) is 0 Å². The average Bonchev–Trinajstić information content (AvgIpc) is 2.02. The van der Waals surface area contributed by atoms with E-state index < -0.39 is 17.0 Å². The maximum atomic E-state index is 11.6. The summed E-state index contributed by atoms with van der Waals surface area (Å²) in [5.41, 5.74) is 0. The van der Waals surface area contributed by atoms with Gasteiger partial charge in [-0.25, -0.2) is 8.93 Å². The molecule has 0 aliphatic heterocycles. The summed E-state index contributed by atoms with van der Waals surface area (Å²) in [6.45, 7) is 9.25. The first kappa shape index (κ1) is 13.6. The van der Waals surface area contributed by atoms with Crippen LogP contribution in [0.5, 0.6) is 0 Å². The number of ether oxygens (including phenoxy) is 1. The topological polar surface area (TPSA) is 55.4 Å². The molecule has 0 rings (SSSR count). The Hall–Kier alpha value is -0.420. The number of esters is 1. The zero-order valence-corrected chi connectivity index (χ0v) is 10.2. The summed E-state index contributed by atoms with van der Waals surface area (Å²) in [6, 6.07) is -0.532. The van der Waals surface area contributed by atoms with Gasteiger partial charge in [-0.15, -0.1) is 0 Å². The lowest BCUT2D eigenvalue weighted by Gasteiger charge is -2.20. The van der Waals surface area contributed by atoms with Gasteiger partial charge in [-0.2, -0.15) is 0 Å². The van der Waals surface area contributed by atoms with Crippen molar-refractivity contribution in [2.24, 2.45) is 0 Å². The fourth-order valence-corrected chi connectivity index (χ4v) is 1.42. The fraction of sp³-hybridized carbons (Fsp3) is 0.889. The first-order valence-corrected chi connectivity index (χ1v) is 5.78. The van der Waals surface area contributed by atoms with Gasteiger partial charge < -0.3 is 4.74 Å². The maximum Gasteiger partial charge on any atom is 0.323 e. The van der Waals surface area contributed by atoms with Crippen molar-refractivity contribution < 1.29 is 13.7 Å². The molecule has 0 heterocycles. The fourth-order valence-electron chi connectivity index (χ4n) is 0.653. The molecular formula is C9H19NO3S. The summed E-state index contributed by atoms with van der Waals surface area (Å²) >= 11 is 0. The summed E-state index contributed by atoms with van der Waals surface area (Å²) in [7, 11) is -1.24. The van der Waals surface area contributed by atoms with Crippen LogP contribution in [0.4, 0.5) is 0 Å². The minimum Gasteiger partial charge on any atom is -0.465 e. The van der Waals surface area contributed by atoms with Gasteiger partial charge in [-0.3, -0.25) is 4.79 Å². The van der Waals surface area contributed by atoms with E-state index in [0.29, 0.717) is 6.61 Å². The summed E-state index contributed by atoms with van der Waals surface area (Å²) in [5, 5.41) is 0. The molecule has 0 amide bonds. The van der Waals surface area contributed by atoms with Crippen LogP contribution in [0.25, 0.3) is 0 Å². The zero-order chi connectivity index (χ0) is 11.4. The van der Waals surface area contributed by atoms with E-state index in [1.54, 1.807) is 13.8 Å². The molecule has 0 aromatic rings. The molecule has 5 heteroatoms. The zero-order valence-electron chi connectivity index (χ0n) is 9.42. The second-order valence-electron chi connectivity index (χ2n) is 3.97. The monoisotopic (exact) mass is 221 g/mol. The molecule has 1 N–H and O–H groups in total. The highest BCUT2D eigenvalue weighted by molar-refractivity contribution is 7.84. The Morgan fingerprint density at radius 2 is 2.00 bits per heavy atom. The van der Waals surface area contributed by atoms with Crippen LogP contribution in [0.1, 0.15) is 34.6 Å². The lowest BCUT2D eigenvalue weighted by Crippen LogP contribution is -2.42. The van der Waals surface area contributed by atoms with E-state index in [0.717, 1.165) is 0 Å². The number of rotatable bonds is 4. The molecule has 84 valence electrons. The Kier molecular flexibility index (Phi) is 5.29. The van der Waals surface area contributed by atoms with E-state index in [2.05, 4.69) is 4.72 Å². The lowest BCUT2D eigenvalue weighted by molar-refractivity contribution is -0.144. The van der Waals surface area contributed by atoms with Gasteiger partial charge in [-0.05, 0) is 34.6 Å². The molecule has 0 aliphatic rings. The number of carbonyl (C=O) groups is 1. The lowest BCUT2D eigenvalue weighted by atomic mass is 10.3. The summed E-state index contributed by atoms with van der Waals surface area (Å²) < 4.78 is 18.7. The first-order chi connectivity index (χ1) is 6.29. The molecular weight excluding hydrogens is 202 g/mol. The predicted octanol–water partition coefficient (Wildman–Crippen LogP) is 0.990. The van der Waals surface area contributed by atoms with Crippen LogP contribution in [0, 0.1) is 0 Å². The molecule has 14 heavy (non-hydrogen) atoms. The van der Waals surface area contributed by atoms with Crippen molar-refractivity contribution in [3.8, 4) is 0 Å². The van der Waals surface area contributed by atoms with Gasteiger partial charge in [0.2, 0.25) is 0 Å². The molecule has 0 unspecified atom stereocenters. The summed E-state index contributed by atoms with van der Waals surface area (Å²) in [4.78, 5) is 11.2. The smallest absolute Gasteiger partial charge is 0.323 e. The van der Waals surface area contributed by atoms with Gasteiger partial charge in [0.1, 0.15) is 6.04 Å². The minimum atomic E-state index is -1.24. The van der Waals surface area contributed by atoms with E-state index in [9.17, 15) is 9.00 Å². The molecule has 0 saturated heterocycles. The molecule has 0 bridgehead atoms. The van der Waals surface area contributed by atoms with E-state index in [1.807, 2.05) is 20.8 Å². The molecule has 0 saturated carbocycles. The van der Waals surface area contributed by atoms with E-state index >= 15 is 0 Å². The van der Waals surface area contributed by atoms with Gasteiger partial charge in [-0.1, -0.05) is 0 Å². The molecule has 0 fully saturated rings. The van der Waals surface area contributed by atoms with Crippen molar-refractivity contribution in [2.75, 3.05) is 6.61 Å². The van der Waals surface area contributed by atoms with Crippen LogP contribution >= 0.6 is 0 Å². The van der Waals surface area contributed by atoms with Crippen LogP contribution in [-0.4, -0.2) is 27.6 Å². The third-order valence-electron chi connectivity index (χ3n) is 1.48. The minimum absolute atomic E-state index is 0.340. The van der Waals surface area contributed by atoms with Crippen molar-refractivity contribution in [3.05, 3.63) is 0 Å². The van der Waals surface area contributed by atoms with Crippen molar-refractivity contribution >= 4 is 17.0 Å². The van der Waals surface area contributed by atoms with E-state index in [4.69, 9.17) is 4.74 Å². The second kappa shape index (κ2) is 5.46. The third kappa shape index (κ3) is 4.72. The highest BCUT2D eigenvalue weighted by Crippen LogP contribution is 2.09. The molecule has 0 aromatic heterocycles. The van der Waals surface area contributed by atoms with Gasteiger partial charge in [0, 0.05) is 0 Å². The Bertz CT molecular complexity index is 223. The Morgan fingerprint density at radius 1 is 1.50 bits per heavy atom. The average molecular weight is 221 g/mol. The van der Waals surface area contributed by atoms with Crippen LogP contribution < -0.4 is 4.72 Å². The molecule has 0 aliphatic carbocycles. The third-order valence-corrected chi connectivity index (χ3v) is 3.16. The van der Waals surface area contributed by atoms with Crippen molar-refractivity contribution in [1.29, 1.82) is 0 Å². The van der Waals surface area contributed by atoms with Crippen LogP contribution in [0.15, 0.2) is 0 Å². The standard InChI is InChI=1S/C9H19NO3S/c1-6-13-8(11)7(2)10-14(12)9(3,4)5/h7,10H,6H2,1-5H3/t7-,14+/m0/s1. The normalized spacial score (nSPS) is 16.1. The molecule has 0 radical (unpaired) electrons. The van der Waals surface area contributed by atoms with Gasteiger partial charge in [0.25, 0.3) is 0 Å². The largest absolute Gasteiger partial charge is 0.465 e. The van der Waals surface area contributed by atoms with Crippen LogP contribution in [-0.2, 0) is 20.5 Å². The molecule has 0 spiro atoms. The Morgan fingerprint density at radius 3 is 2.36 bits per heavy atom. The predicted molar refractivity (Wildman–Crippen MR) is 57.1 cm³/mol. The Labute approximate surface area is 88.0 Å². The van der Waals surface area contributed by atoms with Crippen molar-refractivity contribution in [2.45, 2.75) is 45.4 Å². The van der Waals surface area contributed by atoms with E-state index in [-0.39, 0.29) is 10.7 Å². The van der Waals surface area contributed by atoms with Crippen molar-refractivity contribution in [1.82, 2.24) is 4.72 Å². The summed E-state index contributed by atoms with van der Waals surface area (Å²) in [5.74, 6) is -0.370. The second-order valence-corrected chi connectivity index (χ2v) is 5.97. The number of nitrogens with one attached hydrogen (secondary N) is 1. The highest BCUT2D eigenvalue weighted by atomic mass is 32.2. The number of hydrogen-bond acceptors (Lipinski definition) is 3. The molecule has 0 aromatic carbocycles. The van der Waals surface area contributed by atoms with Gasteiger partial charge >= 0.3 is 5.97 Å². The van der Waals surface area contributed by atoms with Crippen LogP contribution in [0.2, 0.25) is 0 Å². The number of carbonyl (C=O) groups excluding carboxylic acids is 1. The van der Waals surface area contributed by atoms with Crippen LogP contribution in [0.3, 0.4) is 0 Å². The molecule has 2 atom stereocenters. The first-order valence-electron chi connectivity index (χ1n) is 4.63. The highest BCUT2D eigenvalue weighted by Gasteiger charge is 2.24. The number of hydrogen-bond donors (Lipinski definition) is 1. The maximum absolute atomic E-state index is 11.6. The Balaban J connectivity index is 4.13. The SMILES string of the molecule is CCOC(=O)[C@H](C)N[S@](=O)C(C)(C)C. The summed E-state index contributed by atoms with van der Waals surface area (Å²) in [6.07, 6.45) is 0. The quantitative estimate of drug-likeness (QED) is 0.720. The molecule has 4 nitrogen and oxygen atoms in total.